The van der Waals surface area contributed by atoms with E-state index in [0.717, 1.165) is 31.0 Å². The summed E-state index contributed by atoms with van der Waals surface area (Å²) in [7, 11) is 0. The van der Waals surface area contributed by atoms with E-state index in [0.29, 0.717) is 5.41 Å². The van der Waals surface area contributed by atoms with Crippen molar-refractivity contribution < 1.29 is 4.42 Å². The fourth-order valence-corrected chi connectivity index (χ4v) is 2.89. The first-order valence-electron chi connectivity index (χ1n) is 6.99. The van der Waals surface area contributed by atoms with Crippen LogP contribution in [0, 0.1) is 12.3 Å². The SMILES string of the molecule is CCC(N)C(c1ccc(C)o1)N1CCC(C)(C)C1. The van der Waals surface area contributed by atoms with Gasteiger partial charge in [-0.15, -0.1) is 0 Å². The Morgan fingerprint density at radius 3 is 2.61 bits per heavy atom. The van der Waals surface area contributed by atoms with Crippen LogP contribution in [0.3, 0.4) is 0 Å². The van der Waals surface area contributed by atoms with Gasteiger partial charge in [-0.2, -0.15) is 0 Å². The maximum absolute atomic E-state index is 6.33. The number of rotatable bonds is 4. The van der Waals surface area contributed by atoms with Gasteiger partial charge in [0.25, 0.3) is 0 Å². The summed E-state index contributed by atoms with van der Waals surface area (Å²) in [4.78, 5) is 2.49. The third-order valence-corrected chi connectivity index (χ3v) is 4.03. The summed E-state index contributed by atoms with van der Waals surface area (Å²) in [6.07, 6.45) is 2.21. The standard InChI is InChI=1S/C15H26N2O/c1-5-12(16)14(13-7-6-11(2)18-13)17-9-8-15(3,4)10-17/h6-7,12,14H,5,8-10,16H2,1-4H3. The molecule has 1 aliphatic heterocycles. The van der Waals surface area contributed by atoms with Crippen molar-refractivity contribution in [3.63, 3.8) is 0 Å². The third kappa shape index (κ3) is 2.78. The zero-order valence-corrected chi connectivity index (χ0v) is 12.1. The van der Waals surface area contributed by atoms with Gasteiger partial charge in [0.05, 0.1) is 6.04 Å². The maximum Gasteiger partial charge on any atom is 0.122 e. The molecule has 0 amide bonds. The van der Waals surface area contributed by atoms with Crippen molar-refractivity contribution >= 4 is 0 Å². The van der Waals surface area contributed by atoms with Crippen molar-refractivity contribution in [1.29, 1.82) is 0 Å². The minimum Gasteiger partial charge on any atom is -0.465 e. The van der Waals surface area contributed by atoms with Crippen LogP contribution in [0.5, 0.6) is 0 Å². The van der Waals surface area contributed by atoms with Gasteiger partial charge in [-0.1, -0.05) is 20.8 Å². The van der Waals surface area contributed by atoms with E-state index in [2.05, 4.69) is 31.7 Å². The van der Waals surface area contributed by atoms with E-state index in [1.165, 1.54) is 6.42 Å². The first kappa shape index (κ1) is 13.6. The number of nitrogens with zero attached hydrogens (tertiary/aromatic N) is 1. The highest BCUT2D eigenvalue weighted by molar-refractivity contribution is 5.13. The molecule has 1 aromatic rings. The minimum atomic E-state index is 0.143. The van der Waals surface area contributed by atoms with Crippen LogP contribution in [-0.4, -0.2) is 24.0 Å². The molecular formula is C15H26N2O. The highest BCUT2D eigenvalue weighted by atomic mass is 16.3. The molecule has 2 unspecified atom stereocenters. The molecule has 3 heteroatoms. The lowest BCUT2D eigenvalue weighted by Gasteiger charge is -2.31. The highest BCUT2D eigenvalue weighted by Crippen LogP contribution is 2.36. The molecule has 2 heterocycles. The number of aryl methyl sites for hydroxylation is 1. The van der Waals surface area contributed by atoms with Gasteiger partial charge in [-0.3, -0.25) is 4.90 Å². The quantitative estimate of drug-likeness (QED) is 0.893. The summed E-state index contributed by atoms with van der Waals surface area (Å²) in [5, 5.41) is 0. The maximum atomic E-state index is 6.33. The zero-order chi connectivity index (χ0) is 13.3. The van der Waals surface area contributed by atoms with E-state index in [-0.39, 0.29) is 12.1 Å². The van der Waals surface area contributed by atoms with Crippen molar-refractivity contribution in [2.75, 3.05) is 13.1 Å². The molecule has 0 radical (unpaired) electrons. The zero-order valence-electron chi connectivity index (χ0n) is 12.1. The second-order valence-electron chi connectivity index (χ2n) is 6.35. The normalized spacial score (nSPS) is 23.2. The summed E-state index contributed by atoms with van der Waals surface area (Å²) >= 11 is 0. The fraction of sp³-hybridized carbons (Fsp3) is 0.733. The van der Waals surface area contributed by atoms with Crippen LogP contribution in [0.1, 0.15) is 51.2 Å². The van der Waals surface area contributed by atoms with E-state index >= 15 is 0 Å². The van der Waals surface area contributed by atoms with Crippen molar-refractivity contribution in [1.82, 2.24) is 4.90 Å². The number of furan rings is 1. The van der Waals surface area contributed by atoms with Gasteiger partial charge in [-0.25, -0.2) is 0 Å². The van der Waals surface area contributed by atoms with Crippen molar-refractivity contribution in [2.24, 2.45) is 11.1 Å². The first-order valence-corrected chi connectivity index (χ1v) is 6.99. The average molecular weight is 250 g/mol. The van der Waals surface area contributed by atoms with Gasteiger partial charge in [-0.05, 0) is 43.9 Å². The molecule has 2 atom stereocenters. The van der Waals surface area contributed by atoms with Crippen LogP contribution >= 0.6 is 0 Å². The van der Waals surface area contributed by atoms with Crippen LogP contribution in [-0.2, 0) is 0 Å². The predicted octanol–water partition coefficient (Wildman–Crippen LogP) is 3.10. The minimum absolute atomic E-state index is 0.143. The van der Waals surface area contributed by atoms with E-state index < -0.39 is 0 Å². The molecule has 0 saturated carbocycles. The van der Waals surface area contributed by atoms with Crippen LogP contribution < -0.4 is 5.73 Å². The Morgan fingerprint density at radius 2 is 2.17 bits per heavy atom. The average Bonchev–Trinajstić information content (AvgIpc) is 2.86. The van der Waals surface area contributed by atoms with Crippen LogP contribution in [0.2, 0.25) is 0 Å². The number of hydrogen-bond donors (Lipinski definition) is 1. The second-order valence-corrected chi connectivity index (χ2v) is 6.35. The molecule has 0 aromatic carbocycles. The molecule has 1 aromatic heterocycles. The molecule has 0 bridgehead atoms. The van der Waals surface area contributed by atoms with Crippen molar-refractivity contribution in [3.05, 3.63) is 23.7 Å². The van der Waals surface area contributed by atoms with Crippen LogP contribution in [0.4, 0.5) is 0 Å². The Hall–Kier alpha value is -0.800. The molecule has 3 nitrogen and oxygen atoms in total. The van der Waals surface area contributed by atoms with Crippen molar-refractivity contribution in [2.45, 2.75) is 52.6 Å². The Labute approximate surface area is 110 Å². The number of hydrogen-bond acceptors (Lipinski definition) is 3. The smallest absolute Gasteiger partial charge is 0.122 e. The molecule has 102 valence electrons. The lowest BCUT2D eigenvalue weighted by Crippen LogP contribution is -2.40. The molecule has 2 N–H and O–H groups in total. The predicted molar refractivity (Wildman–Crippen MR) is 74.4 cm³/mol. The molecule has 1 saturated heterocycles. The van der Waals surface area contributed by atoms with Gasteiger partial charge in [0.15, 0.2) is 0 Å². The second kappa shape index (κ2) is 5.06. The summed E-state index contributed by atoms with van der Waals surface area (Å²) in [5.41, 5.74) is 6.72. The van der Waals surface area contributed by atoms with Crippen LogP contribution in [0.15, 0.2) is 16.5 Å². The van der Waals surface area contributed by atoms with E-state index in [9.17, 15) is 0 Å². The molecule has 0 spiro atoms. The van der Waals surface area contributed by atoms with Gasteiger partial charge in [0.2, 0.25) is 0 Å². The monoisotopic (exact) mass is 250 g/mol. The summed E-state index contributed by atoms with van der Waals surface area (Å²) in [6.45, 7) is 11.0. The van der Waals surface area contributed by atoms with E-state index in [4.69, 9.17) is 10.2 Å². The van der Waals surface area contributed by atoms with Crippen LogP contribution in [0.25, 0.3) is 0 Å². The Kier molecular flexibility index (Phi) is 3.83. The lowest BCUT2D eigenvalue weighted by atomic mass is 9.93. The highest BCUT2D eigenvalue weighted by Gasteiger charge is 2.37. The van der Waals surface area contributed by atoms with E-state index in [1.807, 2.05) is 13.0 Å². The Bertz CT molecular complexity index is 397. The van der Waals surface area contributed by atoms with Crippen molar-refractivity contribution in [3.8, 4) is 0 Å². The topological polar surface area (TPSA) is 42.4 Å². The number of likely N-dealkylation sites (tertiary alicyclic amines) is 1. The summed E-state index contributed by atoms with van der Waals surface area (Å²) in [5.74, 6) is 2.00. The molecular weight excluding hydrogens is 224 g/mol. The van der Waals surface area contributed by atoms with Gasteiger partial charge in [0, 0.05) is 12.6 Å². The van der Waals surface area contributed by atoms with Gasteiger partial charge < -0.3 is 10.2 Å². The lowest BCUT2D eigenvalue weighted by molar-refractivity contribution is 0.165. The Morgan fingerprint density at radius 1 is 1.44 bits per heavy atom. The first-order chi connectivity index (χ1) is 8.43. The molecule has 1 fully saturated rings. The number of nitrogens with two attached hydrogens (primary N) is 1. The molecule has 18 heavy (non-hydrogen) atoms. The molecule has 1 aliphatic rings. The summed E-state index contributed by atoms with van der Waals surface area (Å²) < 4.78 is 5.83. The largest absolute Gasteiger partial charge is 0.465 e. The van der Waals surface area contributed by atoms with Gasteiger partial charge >= 0.3 is 0 Å². The molecule has 0 aliphatic carbocycles. The molecule has 2 rings (SSSR count). The summed E-state index contributed by atoms with van der Waals surface area (Å²) in [6, 6.07) is 4.49. The van der Waals surface area contributed by atoms with Gasteiger partial charge in [0.1, 0.15) is 11.5 Å². The Balaban J connectivity index is 2.21. The third-order valence-electron chi connectivity index (χ3n) is 4.03. The fourth-order valence-electron chi connectivity index (χ4n) is 2.89. The van der Waals surface area contributed by atoms with E-state index in [1.54, 1.807) is 0 Å².